The number of aromatic nitrogens is 4. The minimum Gasteiger partial charge on any atom is -0.481 e. The lowest BCUT2D eigenvalue weighted by Gasteiger charge is -2.05. The van der Waals surface area contributed by atoms with E-state index < -0.39 is 5.97 Å². The molecule has 0 saturated heterocycles. The van der Waals surface area contributed by atoms with Crippen LogP contribution in [0.4, 0.5) is 0 Å². The van der Waals surface area contributed by atoms with Gasteiger partial charge in [0.05, 0.1) is 18.0 Å². The molecule has 0 fully saturated rings. The molecule has 8 heteroatoms. The van der Waals surface area contributed by atoms with Crippen molar-refractivity contribution in [2.24, 2.45) is 0 Å². The van der Waals surface area contributed by atoms with Gasteiger partial charge in [-0.3, -0.25) is 4.79 Å². The third-order valence-electron chi connectivity index (χ3n) is 2.24. The van der Waals surface area contributed by atoms with E-state index in [1.807, 2.05) is 0 Å². The molecular formula is C10H8Cl2N4O2. The van der Waals surface area contributed by atoms with Crippen molar-refractivity contribution in [2.45, 2.75) is 13.0 Å². The number of aliphatic carboxylic acids is 1. The molecule has 6 nitrogen and oxygen atoms in total. The van der Waals surface area contributed by atoms with Gasteiger partial charge in [0.15, 0.2) is 5.82 Å². The molecule has 0 saturated carbocycles. The number of hydrogen-bond donors (Lipinski definition) is 1. The molecule has 2 aromatic rings. The zero-order chi connectivity index (χ0) is 13.1. The maximum atomic E-state index is 10.5. The molecule has 2 rings (SSSR count). The minimum atomic E-state index is -0.923. The van der Waals surface area contributed by atoms with Gasteiger partial charge >= 0.3 is 5.97 Å². The Labute approximate surface area is 112 Å². The number of carboxylic acid groups (broad SMARTS) is 1. The Morgan fingerprint density at radius 1 is 1.39 bits per heavy atom. The fourth-order valence-corrected chi connectivity index (χ4v) is 1.79. The topological polar surface area (TPSA) is 80.9 Å². The van der Waals surface area contributed by atoms with Crippen LogP contribution in [0.1, 0.15) is 6.42 Å². The van der Waals surface area contributed by atoms with Crippen molar-refractivity contribution in [3.05, 3.63) is 28.2 Å². The van der Waals surface area contributed by atoms with E-state index in [2.05, 4.69) is 15.5 Å². The van der Waals surface area contributed by atoms with Crippen LogP contribution in [-0.4, -0.2) is 31.3 Å². The van der Waals surface area contributed by atoms with E-state index in [0.717, 1.165) is 0 Å². The standard InChI is InChI=1S/C10H8Cl2N4O2/c11-6-1-2-8(12)7(5-6)10-13-14-15-16(10)4-3-9(17)18/h1-2,5H,3-4H2,(H,17,18). The first-order valence-corrected chi connectivity index (χ1v) is 5.77. The van der Waals surface area contributed by atoms with Crippen molar-refractivity contribution >= 4 is 29.2 Å². The molecule has 0 aliphatic rings. The third-order valence-corrected chi connectivity index (χ3v) is 2.80. The van der Waals surface area contributed by atoms with E-state index >= 15 is 0 Å². The number of hydrogen-bond acceptors (Lipinski definition) is 4. The van der Waals surface area contributed by atoms with Crippen LogP contribution < -0.4 is 0 Å². The second-order valence-corrected chi connectivity index (χ2v) is 4.34. The van der Waals surface area contributed by atoms with E-state index in [1.165, 1.54) is 4.68 Å². The van der Waals surface area contributed by atoms with E-state index in [-0.39, 0.29) is 13.0 Å². The van der Waals surface area contributed by atoms with Crippen molar-refractivity contribution in [3.8, 4) is 11.4 Å². The lowest BCUT2D eigenvalue weighted by molar-refractivity contribution is -0.137. The molecule has 1 N–H and O–H groups in total. The Bertz CT molecular complexity index is 585. The van der Waals surface area contributed by atoms with E-state index in [4.69, 9.17) is 28.3 Å². The molecule has 0 radical (unpaired) electrons. The predicted molar refractivity (Wildman–Crippen MR) is 65.5 cm³/mol. The van der Waals surface area contributed by atoms with Crippen LogP contribution in [-0.2, 0) is 11.3 Å². The van der Waals surface area contributed by atoms with Gasteiger partial charge in [-0.25, -0.2) is 4.68 Å². The molecule has 0 aliphatic carbocycles. The Balaban J connectivity index is 2.36. The van der Waals surface area contributed by atoms with Crippen LogP contribution in [0, 0.1) is 0 Å². The van der Waals surface area contributed by atoms with Gasteiger partial charge in [0, 0.05) is 10.6 Å². The monoisotopic (exact) mass is 286 g/mol. The van der Waals surface area contributed by atoms with Gasteiger partial charge in [-0.15, -0.1) is 5.10 Å². The first kappa shape index (κ1) is 12.8. The third kappa shape index (κ3) is 2.77. The zero-order valence-electron chi connectivity index (χ0n) is 9.05. The highest BCUT2D eigenvalue weighted by atomic mass is 35.5. The van der Waals surface area contributed by atoms with Crippen LogP contribution in [0.5, 0.6) is 0 Å². The largest absolute Gasteiger partial charge is 0.481 e. The Morgan fingerprint density at radius 3 is 2.89 bits per heavy atom. The number of rotatable bonds is 4. The summed E-state index contributed by atoms with van der Waals surface area (Å²) in [5.74, 6) is -0.530. The van der Waals surface area contributed by atoms with Crippen LogP contribution in [0.2, 0.25) is 10.0 Å². The smallest absolute Gasteiger partial charge is 0.305 e. The fraction of sp³-hybridized carbons (Fsp3) is 0.200. The maximum absolute atomic E-state index is 10.5. The molecule has 0 atom stereocenters. The number of nitrogens with zero attached hydrogens (tertiary/aromatic N) is 4. The average Bonchev–Trinajstić information content (AvgIpc) is 2.77. The van der Waals surface area contributed by atoms with Crippen LogP contribution >= 0.6 is 23.2 Å². The van der Waals surface area contributed by atoms with Gasteiger partial charge in [0.25, 0.3) is 0 Å². The SMILES string of the molecule is O=C(O)CCn1nnnc1-c1cc(Cl)ccc1Cl. The molecule has 18 heavy (non-hydrogen) atoms. The van der Waals surface area contributed by atoms with Gasteiger partial charge in [-0.1, -0.05) is 23.2 Å². The molecular weight excluding hydrogens is 279 g/mol. The van der Waals surface area contributed by atoms with E-state index in [0.29, 0.717) is 21.4 Å². The van der Waals surface area contributed by atoms with Crippen molar-refractivity contribution in [1.29, 1.82) is 0 Å². The number of aryl methyl sites for hydroxylation is 1. The lowest BCUT2D eigenvalue weighted by Crippen LogP contribution is -2.07. The Morgan fingerprint density at radius 2 is 2.17 bits per heavy atom. The second-order valence-electron chi connectivity index (χ2n) is 3.49. The van der Waals surface area contributed by atoms with Crippen molar-refractivity contribution in [3.63, 3.8) is 0 Å². The summed E-state index contributed by atoms with van der Waals surface area (Å²) in [7, 11) is 0. The van der Waals surface area contributed by atoms with E-state index in [1.54, 1.807) is 18.2 Å². The Hall–Kier alpha value is -1.66. The van der Waals surface area contributed by atoms with Gasteiger partial charge in [0.2, 0.25) is 0 Å². The number of tetrazole rings is 1. The van der Waals surface area contributed by atoms with Crippen molar-refractivity contribution in [1.82, 2.24) is 20.2 Å². The van der Waals surface area contributed by atoms with Crippen molar-refractivity contribution < 1.29 is 9.90 Å². The second kappa shape index (κ2) is 5.32. The summed E-state index contributed by atoms with van der Waals surface area (Å²) >= 11 is 11.9. The van der Waals surface area contributed by atoms with Crippen LogP contribution in [0.25, 0.3) is 11.4 Å². The summed E-state index contributed by atoms with van der Waals surface area (Å²) in [4.78, 5) is 10.5. The number of halogens is 2. The van der Waals surface area contributed by atoms with Crippen LogP contribution in [0.15, 0.2) is 18.2 Å². The number of carbonyl (C=O) groups is 1. The average molecular weight is 287 g/mol. The summed E-state index contributed by atoms with van der Waals surface area (Å²) < 4.78 is 1.38. The summed E-state index contributed by atoms with van der Waals surface area (Å²) in [5, 5.41) is 20.7. The minimum absolute atomic E-state index is 0.0732. The molecule has 0 amide bonds. The lowest BCUT2D eigenvalue weighted by atomic mass is 10.2. The highest BCUT2D eigenvalue weighted by molar-refractivity contribution is 6.35. The normalized spacial score (nSPS) is 10.6. The zero-order valence-corrected chi connectivity index (χ0v) is 10.6. The number of carboxylic acids is 1. The van der Waals surface area contributed by atoms with Gasteiger partial charge in [-0.05, 0) is 28.6 Å². The Kier molecular flexibility index (Phi) is 3.78. The molecule has 1 aromatic carbocycles. The van der Waals surface area contributed by atoms with Gasteiger partial charge in [-0.2, -0.15) is 0 Å². The number of benzene rings is 1. The van der Waals surface area contributed by atoms with E-state index in [9.17, 15) is 4.79 Å². The molecule has 0 unspecified atom stereocenters. The maximum Gasteiger partial charge on any atom is 0.305 e. The van der Waals surface area contributed by atoms with Crippen LogP contribution in [0.3, 0.4) is 0 Å². The summed E-state index contributed by atoms with van der Waals surface area (Å²) in [6.45, 7) is 0.167. The first-order valence-electron chi connectivity index (χ1n) is 5.01. The fourth-order valence-electron chi connectivity index (χ4n) is 1.42. The predicted octanol–water partition coefficient (Wildman–Crippen LogP) is 2.12. The molecule has 94 valence electrons. The van der Waals surface area contributed by atoms with Gasteiger partial charge < -0.3 is 5.11 Å². The highest BCUT2D eigenvalue weighted by Gasteiger charge is 2.13. The highest BCUT2D eigenvalue weighted by Crippen LogP contribution is 2.28. The molecule has 1 aromatic heterocycles. The molecule has 0 spiro atoms. The summed E-state index contributed by atoms with van der Waals surface area (Å²) in [6.07, 6.45) is -0.0732. The van der Waals surface area contributed by atoms with Gasteiger partial charge in [0.1, 0.15) is 0 Å². The quantitative estimate of drug-likeness (QED) is 0.931. The summed E-state index contributed by atoms with van der Waals surface area (Å²) in [6, 6.07) is 4.92. The molecule has 0 aliphatic heterocycles. The molecule has 1 heterocycles. The first-order chi connectivity index (χ1) is 8.58. The summed E-state index contributed by atoms with van der Waals surface area (Å²) in [5.41, 5.74) is 0.569. The molecule has 0 bridgehead atoms. The van der Waals surface area contributed by atoms with Crippen molar-refractivity contribution in [2.75, 3.05) is 0 Å².